The monoisotopic (exact) mass is 319 g/mol. The zero-order valence-electron chi connectivity index (χ0n) is 14.9. The lowest BCUT2D eigenvalue weighted by molar-refractivity contribution is -0.187. The molecule has 1 saturated carbocycles. The number of aromatic nitrogens is 2. The molecule has 0 spiro atoms. The number of hydrogen-bond acceptors (Lipinski definition) is 5. The van der Waals surface area contributed by atoms with Crippen LogP contribution >= 0.6 is 0 Å². The highest BCUT2D eigenvalue weighted by Crippen LogP contribution is 2.72. The van der Waals surface area contributed by atoms with Gasteiger partial charge in [0, 0.05) is 23.1 Å². The summed E-state index contributed by atoms with van der Waals surface area (Å²) in [5.41, 5.74) is -2.94. The molecule has 1 aromatic heterocycles. The second-order valence-corrected chi connectivity index (χ2v) is 6.65. The second kappa shape index (κ2) is 4.44. The Morgan fingerprint density at radius 3 is 2.73 bits per heavy atom. The molecule has 3 heterocycles. The number of nitrogens with zero attached hydrogens (tertiary/aromatic N) is 3. The summed E-state index contributed by atoms with van der Waals surface area (Å²) in [6, 6.07) is 0. The number of nitrogens with one attached hydrogen (secondary N) is 1. The summed E-state index contributed by atoms with van der Waals surface area (Å²) in [7, 11) is 0. The average Bonchev–Trinajstić information content (AvgIpc) is 2.89. The van der Waals surface area contributed by atoms with Gasteiger partial charge in [0.25, 0.3) is 0 Å². The van der Waals surface area contributed by atoms with Crippen molar-refractivity contribution in [1.29, 1.82) is 0 Å². The molecule has 5 nitrogen and oxygen atoms in total. The number of piperidine rings is 2. The van der Waals surface area contributed by atoms with Gasteiger partial charge in [0.2, 0.25) is 11.8 Å². The van der Waals surface area contributed by atoms with E-state index in [0.717, 1.165) is 0 Å². The van der Waals surface area contributed by atoms with Crippen molar-refractivity contribution >= 4 is 0 Å². The lowest BCUT2D eigenvalue weighted by Gasteiger charge is -2.26. The third-order valence-corrected chi connectivity index (χ3v) is 5.48. The number of alkyl halides is 3. The van der Waals surface area contributed by atoms with Crippen LogP contribution in [0.25, 0.3) is 0 Å². The smallest absolute Gasteiger partial charge is 0.396 e. The minimum atomic E-state index is -4.31. The maximum absolute atomic E-state index is 13.4. The molecule has 0 amide bonds. The van der Waals surface area contributed by atoms with Crippen LogP contribution in [0.5, 0.6) is 0 Å². The summed E-state index contributed by atoms with van der Waals surface area (Å²) in [6.07, 6.45) is -3.25. The highest BCUT2D eigenvalue weighted by Gasteiger charge is 2.84. The molecule has 2 atom stereocenters. The summed E-state index contributed by atoms with van der Waals surface area (Å²) in [5.74, 6) is 0.275. The van der Waals surface area contributed by atoms with E-state index in [1.807, 2.05) is 0 Å². The largest absolute Gasteiger partial charge is 0.424 e. The van der Waals surface area contributed by atoms with Crippen molar-refractivity contribution in [3.8, 4) is 0 Å². The zero-order valence-corrected chi connectivity index (χ0v) is 11.9. The van der Waals surface area contributed by atoms with E-state index in [1.165, 1.54) is 4.90 Å². The van der Waals surface area contributed by atoms with Crippen molar-refractivity contribution in [3.63, 3.8) is 0 Å². The van der Waals surface area contributed by atoms with Gasteiger partial charge in [0.15, 0.2) is 0 Å². The fraction of sp³-hybridized carbons (Fsp3) is 0.857. The van der Waals surface area contributed by atoms with Crippen LogP contribution < -0.4 is 5.32 Å². The van der Waals surface area contributed by atoms with Crippen molar-refractivity contribution in [2.45, 2.75) is 36.8 Å². The van der Waals surface area contributed by atoms with Crippen LogP contribution in [-0.4, -0.2) is 54.4 Å². The summed E-state index contributed by atoms with van der Waals surface area (Å²) in [6.45, 7) is -1.31. The molecule has 22 heavy (non-hydrogen) atoms. The minimum Gasteiger partial charge on any atom is -0.424 e. The fourth-order valence-corrected chi connectivity index (χ4v) is 3.97. The Morgan fingerprint density at radius 1 is 1.32 bits per heavy atom. The summed E-state index contributed by atoms with van der Waals surface area (Å²) >= 11 is 0. The average molecular weight is 319 g/mol. The molecule has 2 saturated heterocycles. The molecule has 0 unspecified atom stereocenters. The second-order valence-electron chi connectivity index (χ2n) is 6.65. The molecule has 0 radical (unpaired) electrons. The van der Waals surface area contributed by atoms with Crippen molar-refractivity contribution in [1.82, 2.24) is 20.4 Å². The van der Waals surface area contributed by atoms with Crippen molar-refractivity contribution in [2.75, 3.05) is 33.2 Å². The highest BCUT2D eigenvalue weighted by molar-refractivity contribution is 5.35. The van der Waals surface area contributed by atoms with Gasteiger partial charge in [0.1, 0.15) is 0 Å². The summed E-state index contributed by atoms with van der Waals surface area (Å²) < 4.78 is 68.3. The van der Waals surface area contributed by atoms with Gasteiger partial charge in [-0.2, -0.15) is 13.2 Å². The third kappa shape index (κ3) is 1.79. The SMILES string of the molecule is [2H]C([2H])([2H])N1CCC(c2nnc([C@]34CNC[C@@]3(C(F)(F)F)C4)o2)CC1. The van der Waals surface area contributed by atoms with E-state index in [0.29, 0.717) is 31.8 Å². The van der Waals surface area contributed by atoms with E-state index in [1.54, 1.807) is 0 Å². The van der Waals surface area contributed by atoms with Crippen molar-refractivity contribution < 1.29 is 21.7 Å². The first-order valence-electron chi connectivity index (χ1n) is 8.95. The van der Waals surface area contributed by atoms with Crippen LogP contribution in [0.15, 0.2) is 4.42 Å². The van der Waals surface area contributed by atoms with E-state index < -0.39 is 24.0 Å². The van der Waals surface area contributed by atoms with Crippen LogP contribution in [0.4, 0.5) is 13.2 Å². The molecule has 3 fully saturated rings. The quantitative estimate of drug-likeness (QED) is 0.899. The standard InChI is InChI=1S/C14H19F3N4O/c1-21-4-2-9(3-5-21)10-19-20-11(22-10)12-6-13(12,8-18-7-12)14(15,16)17/h9,18H,2-8H2,1H3/t12-,13-/m0/s1/i1D3. The fourth-order valence-electron chi connectivity index (χ4n) is 3.97. The molecule has 1 N–H and O–H groups in total. The number of halogens is 3. The van der Waals surface area contributed by atoms with Gasteiger partial charge < -0.3 is 14.6 Å². The normalized spacial score (nSPS) is 39.1. The van der Waals surface area contributed by atoms with E-state index in [4.69, 9.17) is 8.53 Å². The third-order valence-electron chi connectivity index (χ3n) is 5.48. The van der Waals surface area contributed by atoms with Crippen LogP contribution in [0.1, 0.15) is 41.1 Å². The Morgan fingerprint density at radius 2 is 2.09 bits per heavy atom. The molecule has 3 aliphatic rings. The maximum atomic E-state index is 13.4. The molecule has 1 aliphatic carbocycles. The zero-order chi connectivity index (χ0) is 18.1. The molecule has 1 aromatic rings. The van der Waals surface area contributed by atoms with Gasteiger partial charge in [-0.05, 0) is 39.3 Å². The molecule has 122 valence electrons. The van der Waals surface area contributed by atoms with Gasteiger partial charge in [-0.1, -0.05) is 0 Å². The number of likely N-dealkylation sites (tertiary alicyclic amines) is 1. The van der Waals surface area contributed by atoms with Crippen LogP contribution in [0.3, 0.4) is 0 Å². The Labute approximate surface area is 130 Å². The molecule has 0 bridgehead atoms. The lowest BCUT2D eigenvalue weighted by Crippen LogP contribution is -2.33. The predicted octanol–water partition coefficient (Wildman–Crippen LogP) is 1.67. The molecule has 4 rings (SSSR count). The topological polar surface area (TPSA) is 54.2 Å². The maximum Gasteiger partial charge on any atom is 0.396 e. The minimum absolute atomic E-state index is 0.0182. The molecule has 0 aromatic carbocycles. The van der Waals surface area contributed by atoms with Crippen molar-refractivity contribution in [2.24, 2.45) is 5.41 Å². The molecular formula is C14H19F3N4O. The Bertz CT molecular complexity index is 671. The number of rotatable bonds is 2. The Balaban J connectivity index is 1.50. The van der Waals surface area contributed by atoms with E-state index >= 15 is 0 Å². The van der Waals surface area contributed by atoms with Gasteiger partial charge in [-0.15, -0.1) is 10.2 Å². The van der Waals surface area contributed by atoms with Crippen LogP contribution in [-0.2, 0) is 5.41 Å². The van der Waals surface area contributed by atoms with Gasteiger partial charge in [0.05, 0.1) is 10.8 Å². The lowest BCUT2D eigenvalue weighted by atomic mass is 9.95. The predicted molar refractivity (Wildman–Crippen MR) is 71.4 cm³/mol. The first-order chi connectivity index (χ1) is 11.6. The molecule has 8 heteroatoms. The number of fused-ring (bicyclic) bond motifs is 1. The first kappa shape index (κ1) is 11.4. The first-order valence-corrected chi connectivity index (χ1v) is 7.45. The van der Waals surface area contributed by atoms with E-state index in [2.05, 4.69) is 15.5 Å². The highest BCUT2D eigenvalue weighted by atomic mass is 19.4. The van der Waals surface area contributed by atoms with Gasteiger partial charge in [-0.3, -0.25) is 0 Å². The van der Waals surface area contributed by atoms with Crippen LogP contribution in [0.2, 0.25) is 0 Å². The van der Waals surface area contributed by atoms with Gasteiger partial charge >= 0.3 is 6.18 Å². The summed E-state index contributed by atoms with van der Waals surface area (Å²) in [4.78, 5) is 1.41. The van der Waals surface area contributed by atoms with Gasteiger partial charge in [-0.25, -0.2) is 0 Å². The van der Waals surface area contributed by atoms with E-state index in [-0.39, 0.29) is 31.3 Å². The summed E-state index contributed by atoms with van der Waals surface area (Å²) in [5, 5.41) is 10.7. The van der Waals surface area contributed by atoms with E-state index in [9.17, 15) is 13.2 Å². The van der Waals surface area contributed by atoms with Crippen molar-refractivity contribution in [3.05, 3.63) is 11.8 Å². The molecule has 2 aliphatic heterocycles. The van der Waals surface area contributed by atoms with Crippen LogP contribution in [0, 0.1) is 5.41 Å². The Kier molecular flexibility index (Phi) is 2.30. The molecular weight excluding hydrogens is 297 g/mol. The number of hydrogen-bond donors (Lipinski definition) is 1. The Hall–Kier alpha value is -1.15.